The fraction of sp³-hybridized carbons (Fsp3) is 0.900. The molecule has 4 nitrogen and oxygen atoms in total. The van der Waals surface area contributed by atoms with Crippen molar-refractivity contribution in [1.29, 1.82) is 0 Å². The molecule has 15 heavy (non-hydrogen) atoms. The lowest BCUT2D eigenvalue weighted by atomic mass is 10.1. The summed E-state index contributed by atoms with van der Waals surface area (Å²) < 4.78 is 15.5. The van der Waals surface area contributed by atoms with E-state index in [0.29, 0.717) is 13.0 Å². The lowest BCUT2D eigenvalue weighted by Gasteiger charge is -2.06. The zero-order chi connectivity index (χ0) is 11.7. The summed E-state index contributed by atoms with van der Waals surface area (Å²) in [7, 11) is -3.28. The third-order valence-corrected chi connectivity index (χ3v) is 2.67. The molecule has 90 valence electrons. The van der Waals surface area contributed by atoms with Crippen molar-refractivity contribution in [1.82, 2.24) is 0 Å². The predicted molar refractivity (Wildman–Crippen MR) is 60.1 cm³/mol. The maximum Gasteiger partial charge on any atom is 0.325 e. The number of unbranched alkanes of at least 4 members (excludes halogenated alkanes) is 4. The fourth-order valence-electron chi connectivity index (χ4n) is 1.24. The van der Waals surface area contributed by atoms with Crippen LogP contribution in [0.4, 0.5) is 0 Å². The SMILES string of the molecule is CC(=O)CCCCCCCOP(C)(=O)O. The standard InChI is InChI=1S/C10H21O4P/c1-10(11)8-6-4-3-5-7-9-14-15(2,12)13/h3-9H2,1-2H3,(H,12,13). The van der Waals surface area contributed by atoms with Gasteiger partial charge in [0.2, 0.25) is 0 Å². The summed E-state index contributed by atoms with van der Waals surface area (Å²) in [6, 6.07) is 0. The Hall–Kier alpha value is -0.180. The van der Waals surface area contributed by atoms with Crippen LogP contribution in [0, 0.1) is 0 Å². The Morgan fingerprint density at radius 2 is 1.73 bits per heavy atom. The highest BCUT2D eigenvalue weighted by Crippen LogP contribution is 2.36. The smallest absolute Gasteiger partial charge is 0.324 e. The number of rotatable bonds is 9. The van der Waals surface area contributed by atoms with Crippen molar-refractivity contribution in [2.45, 2.75) is 45.4 Å². The van der Waals surface area contributed by atoms with E-state index in [1.807, 2.05) is 0 Å². The number of ketones is 1. The highest BCUT2D eigenvalue weighted by molar-refractivity contribution is 7.51. The fourth-order valence-corrected chi connectivity index (χ4v) is 1.71. The first-order chi connectivity index (χ1) is 6.92. The highest BCUT2D eigenvalue weighted by Gasteiger charge is 2.08. The van der Waals surface area contributed by atoms with Gasteiger partial charge in [-0.1, -0.05) is 19.3 Å². The van der Waals surface area contributed by atoms with Crippen molar-refractivity contribution in [3.63, 3.8) is 0 Å². The van der Waals surface area contributed by atoms with Crippen LogP contribution in [0.25, 0.3) is 0 Å². The second-order valence-corrected chi connectivity index (χ2v) is 5.72. The van der Waals surface area contributed by atoms with Crippen LogP contribution in [-0.4, -0.2) is 23.9 Å². The van der Waals surface area contributed by atoms with E-state index in [0.717, 1.165) is 32.1 Å². The molecule has 1 unspecified atom stereocenters. The molecule has 1 N–H and O–H groups in total. The quantitative estimate of drug-likeness (QED) is 0.494. The maximum atomic E-state index is 10.7. The first-order valence-corrected chi connectivity index (χ1v) is 7.38. The van der Waals surface area contributed by atoms with E-state index in [-0.39, 0.29) is 5.78 Å². The normalized spacial score (nSPS) is 14.9. The number of carbonyl (C=O) groups excluding carboxylic acids is 1. The van der Waals surface area contributed by atoms with E-state index in [1.165, 1.54) is 6.66 Å². The lowest BCUT2D eigenvalue weighted by Crippen LogP contribution is -1.92. The Morgan fingerprint density at radius 1 is 1.20 bits per heavy atom. The molecule has 0 aliphatic carbocycles. The first kappa shape index (κ1) is 14.8. The summed E-state index contributed by atoms with van der Waals surface area (Å²) in [4.78, 5) is 19.4. The van der Waals surface area contributed by atoms with Crippen molar-refractivity contribution < 1.29 is 18.8 Å². The molecule has 0 bridgehead atoms. The van der Waals surface area contributed by atoms with E-state index in [2.05, 4.69) is 0 Å². The molecule has 0 aromatic rings. The summed E-state index contributed by atoms with van der Waals surface area (Å²) in [5, 5.41) is 0. The van der Waals surface area contributed by atoms with Gasteiger partial charge in [-0.25, -0.2) is 0 Å². The summed E-state index contributed by atoms with van der Waals surface area (Å²) in [5.41, 5.74) is 0. The molecule has 0 rings (SSSR count). The zero-order valence-electron chi connectivity index (χ0n) is 9.57. The third-order valence-electron chi connectivity index (χ3n) is 2.00. The minimum absolute atomic E-state index is 0.241. The number of Topliss-reactive ketones (excluding diaryl/α,β-unsaturated/α-hetero) is 1. The summed E-state index contributed by atoms with van der Waals surface area (Å²) >= 11 is 0. The Kier molecular flexibility index (Phi) is 7.93. The second-order valence-electron chi connectivity index (χ2n) is 3.86. The summed E-state index contributed by atoms with van der Waals surface area (Å²) in [5.74, 6) is 0.241. The Balaban J connectivity index is 3.12. The van der Waals surface area contributed by atoms with Crippen LogP contribution in [0.3, 0.4) is 0 Å². The number of hydrogen-bond acceptors (Lipinski definition) is 3. The minimum atomic E-state index is -3.28. The molecule has 0 heterocycles. The Morgan fingerprint density at radius 3 is 2.27 bits per heavy atom. The molecule has 0 fully saturated rings. The molecule has 1 atom stereocenters. The van der Waals surface area contributed by atoms with Crippen LogP contribution < -0.4 is 0 Å². The van der Waals surface area contributed by atoms with Gasteiger partial charge in [-0.2, -0.15) is 0 Å². The van der Waals surface area contributed by atoms with Crippen LogP contribution in [0.1, 0.15) is 45.4 Å². The van der Waals surface area contributed by atoms with Crippen LogP contribution in [-0.2, 0) is 13.9 Å². The number of hydrogen-bond donors (Lipinski definition) is 1. The Labute approximate surface area is 91.6 Å². The van der Waals surface area contributed by atoms with Crippen molar-refractivity contribution in [2.24, 2.45) is 0 Å². The van der Waals surface area contributed by atoms with E-state index < -0.39 is 7.60 Å². The van der Waals surface area contributed by atoms with Crippen molar-refractivity contribution in [3.8, 4) is 0 Å². The van der Waals surface area contributed by atoms with E-state index in [9.17, 15) is 9.36 Å². The van der Waals surface area contributed by atoms with Gasteiger partial charge in [0.05, 0.1) is 6.61 Å². The molecular weight excluding hydrogens is 215 g/mol. The number of carbonyl (C=O) groups is 1. The van der Waals surface area contributed by atoms with E-state index >= 15 is 0 Å². The topological polar surface area (TPSA) is 63.6 Å². The largest absolute Gasteiger partial charge is 0.325 e. The molecule has 0 spiro atoms. The summed E-state index contributed by atoms with van der Waals surface area (Å²) in [6.45, 7) is 3.14. The van der Waals surface area contributed by atoms with Gasteiger partial charge in [-0.3, -0.25) is 4.57 Å². The van der Waals surface area contributed by atoms with E-state index in [4.69, 9.17) is 9.42 Å². The lowest BCUT2D eigenvalue weighted by molar-refractivity contribution is -0.117. The Bertz CT molecular complexity index is 221. The van der Waals surface area contributed by atoms with Crippen LogP contribution in [0.15, 0.2) is 0 Å². The molecule has 0 aliphatic rings. The van der Waals surface area contributed by atoms with Crippen LogP contribution in [0.2, 0.25) is 0 Å². The molecule has 0 aromatic carbocycles. The molecule has 0 radical (unpaired) electrons. The van der Waals surface area contributed by atoms with Gasteiger partial charge in [-0.15, -0.1) is 0 Å². The van der Waals surface area contributed by atoms with Crippen molar-refractivity contribution in [2.75, 3.05) is 13.3 Å². The predicted octanol–water partition coefficient (Wildman–Crippen LogP) is 2.75. The average molecular weight is 236 g/mol. The average Bonchev–Trinajstić information content (AvgIpc) is 2.07. The van der Waals surface area contributed by atoms with Crippen LogP contribution >= 0.6 is 7.60 Å². The van der Waals surface area contributed by atoms with Gasteiger partial charge < -0.3 is 14.2 Å². The van der Waals surface area contributed by atoms with Gasteiger partial charge in [-0.05, 0) is 19.8 Å². The molecule has 0 saturated carbocycles. The first-order valence-electron chi connectivity index (χ1n) is 5.36. The monoisotopic (exact) mass is 236 g/mol. The molecule has 0 aliphatic heterocycles. The van der Waals surface area contributed by atoms with Gasteiger partial charge in [0.25, 0.3) is 0 Å². The minimum Gasteiger partial charge on any atom is -0.324 e. The highest BCUT2D eigenvalue weighted by atomic mass is 31.2. The molecule has 0 amide bonds. The zero-order valence-corrected chi connectivity index (χ0v) is 10.5. The molecule has 5 heteroatoms. The van der Waals surface area contributed by atoms with Crippen LogP contribution in [0.5, 0.6) is 0 Å². The van der Waals surface area contributed by atoms with Gasteiger partial charge >= 0.3 is 7.60 Å². The van der Waals surface area contributed by atoms with Crippen molar-refractivity contribution in [3.05, 3.63) is 0 Å². The van der Waals surface area contributed by atoms with Gasteiger partial charge in [0.15, 0.2) is 0 Å². The summed E-state index contributed by atoms with van der Waals surface area (Å²) in [6.07, 6.45) is 5.49. The van der Waals surface area contributed by atoms with Crippen molar-refractivity contribution >= 4 is 13.4 Å². The molecule has 0 aromatic heterocycles. The third kappa shape index (κ3) is 13.8. The second kappa shape index (κ2) is 8.03. The van der Waals surface area contributed by atoms with Gasteiger partial charge in [0, 0.05) is 13.1 Å². The van der Waals surface area contributed by atoms with Gasteiger partial charge in [0.1, 0.15) is 5.78 Å². The van der Waals surface area contributed by atoms with E-state index in [1.54, 1.807) is 6.92 Å². The maximum absolute atomic E-state index is 10.7. The molecular formula is C10H21O4P. The molecule has 0 saturated heterocycles.